The summed E-state index contributed by atoms with van der Waals surface area (Å²) in [4.78, 5) is 14.9. The van der Waals surface area contributed by atoms with Crippen LogP contribution in [0.25, 0.3) is 45.3 Å². The Morgan fingerprint density at radius 1 is 0.487 bits per heavy atom. The standard InChI is InChI=1S/C33H30BN3O2/c1-32(2)33(3,4)39-34(38-32)28-21-12-11-20-27(28)31-36-29(24-16-9-6-10-17-24)35-30(37-31)26-19-13-18-25(22-26)23-14-7-5-8-15-23/h5-22H,1-4H3. The number of rotatable bonds is 5. The number of hydrogen-bond donors (Lipinski definition) is 0. The van der Waals surface area contributed by atoms with Crippen molar-refractivity contribution in [1.29, 1.82) is 0 Å². The fourth-order valence-corrected chi connectivity index (χ4v) is 4.69. The van der Waals surface area contributed by atoms with Gasteiger partial charge in [-0.3, -0.25) is 0 Å². The number of hydrogen-bond acceptors (Lipinski definition) is 5. The summed E-state index contributed by atoms with van der Waals surface area (Å²) in [5.41, 5.74) is 4.93. The zero-order valence-corrected chi connectivity index (χ0v) is 22.6. The molecule has 0 saturated carbocycles. The smallest absolute Gasteiger partial charge is 0.399 e. The fraction of sp³-hybridized carbons (Fsp3) is 0.182. The van der Waals surface area contributed by atoms with E-state index in [2.05, 4.69) is 52.0 Å². The van der Waals surface area contributed by atoms with Crippen molar-refractivity contribution in [1.82, 2.24) is 15.0 Å². The molecule has 0 spiro atoms. The van der Waals surface area contributed by atoms with E-state index in [-0.39, 0.29) is 0 Å². The molecule has 0 N–H and O–H groups in total. The molecule has 1 fully saturated rings. The van der Waals surface area contributed by atoms with Crippen molar-refractivity contribution in [3.05, 3.63) is 109 Å². The highest BCUT2D eigenvalue weighted by Crippen LogP contribution is 2.37. The molecule has 4 aromatic carbocycles. The van der Waals surface area contributed by atoms with E-state index in [0.29, 0.717) is 17.5 Å². The first-order valence-corrected chi connectivity index (χ1v) is 13.2. The van der Waals surface area contributed by atoms with Gasteiger partial charge in [-0.2, -0.15) is 0 Å². The Morgan fingerprint density at radius 2 is 0.974 bits per heavy atom. The molecule has 1 aromatic heterocycles. The number of nitrogens with zero attached hydrogens (tertiary/aromatic N) is 3. The van der Waals surface area contributed by atoms with Crippen LogP contribution >= 0.6 is 0 Å². The molecule has 5 nitrogen and oxygen atoms in total. The summed E-state index contributed by atoms with van der Waals surface area (Å²) in [6.07, 6.45) is 0. The van der Waals surface area contributed by atoms with Crippen molar-refractivity contribution in [3.8, 4) is 45.3 Å². The van der Waals surface area contributed by atoms with E-state index in [1.165, 1.54) is 0 Å². The Hall–Kier alpha value is -4.13. The average Bonchev–Trinajstić information content (AvgIpc) is 3.20. The maximum absolute atomic E-state index is 6.41. The zero-order chi connectivity index (χ0) is 27.0. The first kappa shape index (κ1) is 25.2. The first-order chi connectivity index (χ1) is 18.8. The molecule has 39 heavy (non-hydrogen) atoms. The second kappa shape index (κ2) is 9.88. The highest BCUT2D eigenvalue weighted by Gasteiger charge is 2.52. The lowest BCUT2D eigenvalue weighted by molar-refractivity contribution is 0.00578. The lowest BCUT2D eigenvalue weighted by Crippen LogP contribution is -2.41. The van der Waals surface area contributed by atoms with Gasteiger partial charge in [0.15, 0.2) is 17.5 Å². The van der Waals surface area contributed by atoms with Gasteiger partial charge in [-0.15, -0.1) is 0 Å². The maximum atomic E-state index is 6.41. The van der Waals surface area contributed by atoms with E-state index in [4.69, 9.17) is 24.3 Å². The van der Waals surface area contributed by atoms with Gasteiger partial charge in [0, 0.05) is 16.7 Å². The van der Waals surface area contributed by atoms with Crippen molar-refractivity contribution >= 4 is 12.6 Å². The summed E-state index contributed by atoms with van der Waals surface area (Å²) in [5.74, 6) is 1.80. The molecular formula is C33H30BN3O2. The van der Waals surface area contributed by atoms with Gasteiger partial charge >= 0.3 is 7.12 Å². The molecular weight excluding hydrogens is 481 g/mol. The van der Waals surface area contributed by atoms with Crippen molar-refractivity contribution in [3.63, 3.8) is 0 Å². The molecule has 192 valence electrons. The van der Waals surface area contributed by atoms with E-state index in [9.17, 15) is 0 Å². The third kappa shape index (κ3) is 4.89. The molecule has 6 rings (SSSR count). The topological polar surface area (TPSA) is 57.1 Å². The summed E-state index contributed by atoms with van der Waals surface area (Å²) in [7, 11) is -0.534. The van der Waals surface area contributed by atoms with Gasteiger partial charge in [-0.05, 0) is 50.4 Å². The van der Waals surface area contributed by atoms with Gasteiger partial charge in [-0.25, -0.2) is 15.0 Å². The zero-order valence-electron chi connectivity index (χ0n) is 22.6. The van der Waals surface area contributed by atoms with Crippen LogP contribution < -0.4 is 5.46 Å². The minimum absolute atomic E-state index is 0.456. The Morgan fingerprint density at radius 3 is 1.64 bits per heavy atom. The van der Waals surface area contributed by atoms with E-state index in [1.54, 1.807) is 0 Å². The predicted octanol–water partition coefficient (Wildman–Crippen LogP) is 6.84. The maximum Gasteiger partial charge on any atom is 0.495 e. The normalized spacial score (nSPS) is 15.8. The number of aromatic nitrogens is 3. The van der Waals surface area contributed by atoms with Crippen molar-refractivity contribution in [2.45, 2.75) is 38.9 Å². The Labute approximate surface area is 230 Å². The second-order valence-electron chi connectivity index (χ2n) is 10.8. The number of benzene rings is 4. The predicted molar refractivity (Wildman–Crippen MR) is 157 cm³/mol. The van der Waals surface area contributed by atoms with Gasteiger partial charge in [0.2, 0.25) is 0 Å². The molecule has 0 bridgehead atoms. The third-order valence-corrected chi connectivity index (χ3v) is 7.60. The van der Waals surface area contributed by atoms with Crippen LogP contribution in [-0.4, -0.2) is 33.3 Å². The lowest BCUT2D eigenvalue weighted by Gasteiger charge is -2.32. The summed E-state index contributed by atoms with van der Waals surface area (Å²) in [5, 5.41) is 0. The monoisotopic (exact) mass is 511 g/mol. The van der Waals surface area contributed by atoms with Crippen molar-refractivity contribution in [2.75, 3.05) is 0 Å². The first-order valence-electron chi connectivity index (χ1n) is 13.2. The lowest BCUT2D eigenvalue weighted by atomic mass is 9.75. The Kier molecular flexibility index (Phi) is 6.38. The van der Waals surface area contributed by atoms with Gasteiger partial charge in [-0.1, -0.05) is 103 Å². The van der Waals surface area contributed by atoms with Gasteiger partial charge in [0.1, 0.15) is 0 Å². The SMILES string of the molecule is CC1(C)OB(c2ccccc2-c2nc(-c3ccccc3)nc(-c3cccc(-c4ccccc4)c3)n2)OC1(C)C. The van der Waals surface area contributed by atoms with E-state index < -0.39 is 18.3 Å². The second-order valence-corrected chi connectivity index (χ2v) is 10.8. The van der Waals surface area contributed by atoms with Crippen LogP contribution in [0.3, 0.4) is 0 Å². The minimum Gasteiger partial charge on any atom is -0.399 e. The molecule has 1 aliphatic heterocycles. The van der Waals surface area contributed by atoms with Crippen LogP contribution in [0.15, 0.2) is 109 Å². The average molecular weight is 511 g/mol. The van der Waals surface area contributed by atoms with Crippen molar-refractivity contribution < 1.29 is 9.31 Å². The minimum atomic E-state index is -0.534. The van der Waals surface area contributed by atoms with Crippen LogP contribution in [0.5, 0.6) is 0 Å². The Bertz CT molecular complexity index is 1610. The van der Waals surface area contributed by atoms with Gasteiger partial charge in [0.25, 0.3) is 0 Å². The fourth-order valence-electron chi connectivity index (χ4n) is 4.69. The van der Waals surface area contributed by atoms with Crippen LogP contribution in [-0.2, 0) is 9.31 Å². The Balaban J connectivity index is 1.50. The van der Waals surface area contributed by atoms with Crippen LogP contribution in [0.2, 0.25) is 0 Å². The van der Waals surface area contributed by atoms with Crippen LogP contribution in [0, 0.1) is 0 Å². The largest absolute Gasteiger partial charge is 0.495 e. The highest BCUT2D eigenvalue weighted by molar-refractivity contribution is 6.63. The molecule has 0 aliphatic carbocycles. The molecule has 1 aliphatic rings. The quantitative estimate of drug-likeness (QED) is 0.242. The molecule has 0 unspecified atom stereocenters. The van der Waals surface area contributed by atoms with Crippen LogP contribution in [0.1, 0.15) is 27.7 Å². The van der Waals surface area contributed by atoms with Crippen molar-refractivity contribution in [2.24, 2.45) is 0 Å². The summed E-state index contributed by atoms with van der Waals surface area (Å²) >= 11 is 0. The molecule has 5 aromatic rings. The third-order valence-electron chi connectivity index (χ3n) is 7.60. The highest BCUT2D eigenvalue weighted by atomic mass is 16.7. The van der Waals surface area contributed by atoms with E-state index >= 15 is 0 Å². The van der Waals surface area contributed by atoms with Gasteiger partial charge < -0.3 is 9.31 Å². The molecule has 0 atom stereocenters. The summed E-state index contributed by atoms with van der Waals surface area (Å²) in [6, 6.07) is 36.7. The summed E-state index contributed by atoms with van der Waals surface area (Å²) in [6.45, 7) is 8.24. The van der Waals surface area contributed by atoms with Crippen LogP contribution in [0.4, 0.5) is 0 Å². The molecule has 2 heterocycles. The van der Waals surface area contributed by atoms with Gasteiger partial charge in [0.05, 0.1) is 11.2 Å². The molecule has 0 radical (unpaired) electrons. The van der Waals surface area contributed by atoms with E-state index in [1.807, 2.05) is 84.9 Å². The summed E-state index contributed by atoms with van der Waals surface area (Å²) < 4.78 is 12.8. The molecule has 1 saturated heterocycles. The molecule has 6 heteroatoms. The van der Waals surface area contributed by atoms with E-state index in [0.717, 1.165) is 33.3 Å². The molecule has 0 amide bonds.